The molecule has 0 amide bonds. The van der Waals surface area contributed by atoms with Crippen LogP contribution in [0.15, 0.2) is 28.8 Å². The van der Waals surface area contributed by atoms with E-state index in [1.165, 1.54) is 12.1 Å². The van der Waals surface area contributed by atoms with Crippen LogP contribution in [0.25, 0.3) is 0 Å². The van der Waals surface area contributed by atoms with Crippen molar-refractivity contribution >= 4 is 0 Å². The van der Waals surface area contributed by atoms with Crippen LogP contribution in [-0.2, 0) is 30.5 Å². The first-order valence-electron chi connectivity index (χ1n) is 9.13. The second-order valence-corrected chi connectivity index (χ2v) is 7.02. The lowest BCUT2D eigenvalue weighted by molar-refractivity contribution is -0.137. The summed E-state index contributed by atoms with van der Waals surface area (Å²) < 4.78 is 48.6. The molecule has 1 aliphatic heterocycles. The molecule has 0 bridgehead atoms. The number of halogens is 3. The molecule has 0 spiro atoms. The van der Waals surface area contributed by atoms with Gasteiger partial charge in [0.25, 0.3) is 5.89 Å². The summed E-state index contributed by atoms with van der Waals surface area (Å²) >= 11 is 0. The zero-order chi connectivity index (χ0) is 19.3. The Morgan fingerprint density at radius 1 is 1.33 bits per heavy atom. The number of methoxy groups -OCH3 is 1. The van der Waals surface area contributed by atoms with E-state index in [9.17, 15) is 13.2 Å². The minimum Gasteiger partial charge on any atom is -0.375 e. The third kappa shape index (κ3) is 5.77. The highest BCUT2D eigenvalue weighted by atomic mass is 19.4. The number of nitrogens with zero attached hydrogens (tertiary/aromatic N) is 3. The Kier molecular flexibility index (Phi) is 6.49. The van der Waals surface area contributed by atoms with E-state index in [1.807, 2.05) is 0 Å². The maximum Gasteiger partial charge on any atom is 0.416 e. The van der Waals surface area contributed by atoms with E-state index in [2.05, 4.69) is 15.0 Å². The van der Waals surface area contributed by atoms with Crippen LogP contribution in [0.2, 0.25) is 0 Å². The molecule has 1 fully saturated rings. The molecule has 3 rings (SSSR count). The van der Waals surface area contributed by atoms with Crippen LogP contribution in [0, 0.1) is 5.92 Å². The highest BCUT2D eigenvalue weighted by Gasteiger charge is 2.30. The van der Waals surface area contributed by atoms with Crippen LogP contribution in [0.4, 0.5) is 13.2 Å². The Morgan fingerprint density at radius 2 is 2.19 bits per heavy atom. The lowest BCUT2D eigenvalue weighted by atomic mass is 9.91. The fraction of sp³-hybridized carbons (Fsp3) is 0.579. The normalized spacial score (nSPS) is 18.7. The number of benzene rings is 1. The van der Waals surface area contributed by atoms with Gasteiger partial charge in [0, 0.05) is 13.7 Å². The van der Waals surface area contributed by atoms with Gasteiger partial charge in [-0.3, -0.25) is 4.90 Å². The summed E-state index contributed by atoms with van der Waals surface area (Å²) in [5, 5.41) is 3.97. The van der Waals surface area contributed by atoms with Crippen molar-refractivity contribution in [2.24, 2.45) is 5.92 Å². The first-order valence-corrected chi connectivity index (χ1v) is 9.13. The molecule has 148 valence electrons. The SMILES string of the molecule is COCc1nc(CN2CCCC(CCc3cccc(C(F)(F)F)c3)C2)no1. The van der Waals surface area contributed by atoms with E-state index in [-0.39, 0.29) is 0 Å². The molecule has 2 heterocycles. The fourth-order valence-electron chi connectivity index (χ4n) is 3.54. The van der Waals surface area contributed by atoms with Crippen LogP contribution in [0.5, 0.6) is 0 Å². The third-order valence-electron chi connectivity index (χ3n) is 4.84. The smallest absolute Gasteiger partial charge is 0.375 e. The van der Waals surface area contributed by atoms with Crippen molar-refractivity contribution in [2.45, 2.75) is 45.0 Å². The number of aryl methyl sites for hydroxylation is 1. The molecule has 2 aromatic rings. The Bertz CT molecular complexity index is 733. The van der Waals surface area contributed by atoms with E-state index in [4.69, 9.17) is 9.26 Å². The number of hydrogen-bond donors (Lipinski definition) is 0. The number of hydrogen-bond acceptors (Lipinski definition) is 5. The maximum absolute atomic E-state index is 12.8. The molecular weight excluding hydrogens is 359 g/mol. The second-order valence-electron chi connectivity index (χ2n) is 7.02. The van der Waals surface area contributed by atoms with Crippen molar-refractivity contribution in [2.75, 3.05) is 20.2 Å². The van der Waals surface area contributed by atoms with Crippen molar-refractivity contribution in [1.29, 1.82) is 0 Å². The molecule has 5 nitrogen and oxygen atoms in total. The van der Waals surface area contributed by atoms with Crippen LogP contribution in [0.1, 0.15) is 42.1 Å². The summed E-state index contributed by atoms with van der Waals surface area (Å²) in [6.07, 6.45) is -0.599. The Morgan fingerprint density at radius 3 is 2.96 bits per heavy atom. The van der Waals surface area contributed by atoms with Crippen molar-refractivity contribution < 1.29 is 22.4 Å². The summed E-state index contributed by atoms with van der Waals surface area (Å²) in [7, 11) is 1.57. The van der Waals surface area contributed by atoms with Crippen LogP contribution in [-0.4, -0.2) is 35.2 Å². The molecule has 0 saturated carbocycles. The van der Waals surface area contributed by atoms with Crippen LogP contribution < -0.4 is 0 Å². The van der Waals surface area contributed by atoms with Gasteiger partial charge in [-0.15, -0.1) is 0 Å². The van der Waals surface area contributed by atoms with Crippen molar-refractivity contribution in [3.63, 3.8) is 0 Å². The monoisotopic (exact) mass is 383 g/mol. The standard InChI is InChI=1S/C19H24F3N3O2/c1-26-13-18-23-17(24-27-18)12-25-9-3-5-15(11-25)8-7-14-4-2-6-16(10-14)19(20,21)22/h2,4,6,10,15H,3,5,7-9,11-13H2,1H3. The summed E-state index contributed by atoms with van der Waals surface area (Å²) in [4.78, 5) is 6.57. The van der Waals surface area contributed by atoms with Crippen molar-refractivity contribution in [3.05, 3.63) is 47.1 Å². The van der Waals surface area contributed by atoms with Gasteiger partial charge in [-0.05, 0) is 49.8 Å². The molecule has 1 unspecified atom stereocenters. The van der Waals surface area contributed by atoms with Gasteiger partial charge >= 0.3 is 6.18 Å². The van der Waals surface area contributed by atoms with Crippen molar-refractivity contribution in [3.8, 4) is 0 Å². The topological polar surface area (TPSA) is 51.4 Å². The number of ether oxygens (including phenoxy) is 1. The predicted molar refractivity (Wildman–Crippen MR) is 92.8 cm³/mol. The second kappa shape index (κ2) is 8.84. The average molecular weight is 383 g/mol. The molecule has 1 aromatic heterocycles. The average Bonchev–Trinajstić information content (AvgIpc) is 3.07. The molecule has 8 heteroatoms. The highest BCUT2D eigenvalue weighted by molar-refractivity contribution is 5.25. The van der Waals surface area contributed by atoms with E-state index in [1.54, 1.807) is 13.2 Å². The summed E-state index contributed by atoms with van der Waals surface area (Å²) in [5.74, 6) is 1.56. The Hall–Kier alpha value is -1.93. The number of likely N-dealkylation sites (tertiary alicyclic amines) is 1. The minimum atomic E-state index is -4.29. The molecular formula is C19H24F3N3O2. The van der Waals surface area contributed by atoms with Gasteiger partial charge in [0.05, 0.1) is 12.1 Å². The Labute approximate surface area is 156 Å². The van der Waals surface area contributed by atoms with Gasteiger partial charge in [0.1, 0.15) is 6.61 Å². The van der Waals surface area contributed by atoms with Crippen LogP contribution in [0.3, 0.4) is 0 Å². The number of alkyl halides is 3. The molecule has 1 saturated heterocycles. The van der Waals surface area contributed by atoms with Crippen molar-refractivity contribution in [1.82, 2.24) is 15.0 Å². The Balaban J connectivity index is 1.51. The fourth-order valence-corrected chi connectivity index (χ4v) is 3.54. The molecule has 0 aliphatic carbocycles. The first kappa shape index (κ1) is 19.8. The maximum atomic E-state index is 12.8. The first-order chi connectivity index (χ1) is 12.9. The number of piperidine rings is 1. The van der Waals surface area contributed by atoms with Gasteiger partial charge in [0.15, 0.2) is 5.82 Å². The van der Waals surface area contributed by atoms with E-state index in [0.717, 1.165) is 44.0 Å². The quantitative estimate of drug-likeness (QED) is 0.721. The van der Waals surface area contributed by atoms with E-state index in [0.29, 0.717) is 37.2 Å². The molecule has 1 aromatic carbocycles. The molecule has 1 atom stereocenters. The zero-order valence-electron chi connectivity index (χ0n) is 15.3. The van der Waals surface area contributed by atoms with Gasteiger partial charge in [0.2, 0.25) is 0 Å². The summed E-state index contributed by atoms with van der Waals surface area (Å²) in [5.41, 5.74) is 0.165. The summed E-state index contributed by atoms with van der Waals surface area (Å²) in [6, 6.07) is 5.64. The van der Waals surface area contributed by atoms with Crippen LogP contribution >= 0.6 is 0 Å². The molecule has 1 aliphatic rings. The highest BCUT2D eigenvalue weighted by Crippen LogP contribution is 2.30. The lowest BCUT2D eigenvalue weighted by Crippen LogP contribution is -2.35. The third-order valence-corrected chi connectivity index (χ3v) is 4.84. The van der Waals surface area contributed by atoms with E-state index >= 15 is 0 Å². The predicted octanol–water partition coefficient (Wildman–Crippen LogP) is 4.08. The van der Waals surface area contributed by atoms with Gasteiger partial charge in [-0.1, -0.05) is 23.4 Å². The van der Waals surface area contributed by atoms with Gasteiger partial charge in [-0.25, -0.2) is 0 Å². The summed E-state index contributed by atoms with van der Waals surface area (Å²) in [6.45, 7) is 2.78. The van der Waals surface area contributed by atoms with Gasteiger partial charge < -0.3 is 9.26 Å². The minimum absolute atomic E-state index is 0.298. The zero-order valence-corrected chi connectivity index (χ0v) is 15.3. The van der Waals surface area contributed by atoms with E-state index < -0.39 is 11.7 Å². The van der Waals surface area contributed by atoms with Gasteiger partial charge in [-0.2, -0.15) is 18.2 Å². The molecule has 27 heavy (non-hydrogen) atoms. The number of aromatic nitrogens is 2. The number of rotatable bonds is 7. The lowest BCUT2D eigenvalue weighted by Gasteiger charge is -2.32. The molecule has 0 radical (unpaired) electrons. The molecule has 0 N–H and O–H groups in total. The largest absolute Gasteiger partial charge is 0.416 e.